The predicted octanol–water partition coefficient (Wildman–Crippen LogP) is 3.20. The summed E-state index contributed by atoms with van der Waals surface area (Å²) in [6, 6.07) is 3.26. The summed E-state index contributed by atoms with van der Waals surface area (Å²) in [6.07, 6.45) is -0.525. The van der Waals surface area contributed by atoms with Crippen molar-refractivity contribution in [3.8, 4) is 5.75 Å². The molecule has 0 bridgehead atoms. The van der Waals surface area contributed by atoms with Gasteiger partial charge in [-0.25, -0.2) is 4.79 Å². The van der Waals surface area contributed by atoms with E-state index in [4.69, 9.17) is 27.9 Å². The fourth-order valence-corrected chi connectivity index (χ4v) is 1.69. The molecule has 1 amide bonds. The van der Waals surface area contributed by atoms with Gasteiger partial charge in [0.25, 0.3) is 0 Å². The average Bonchev–Trinajstić information content (AvgIpc) is 2.30. The van der Waals surface area contributed by atoms with Crippen LogP contribution in [0.4, 0.5) is 10.5 Å². The highest BCUT2D eigenvalue weighted by atomic mass is 35.5. The fourth-order valence-electron chi connectivity index (χ4n) is 1.17. The summed E-state index contributed by atoms with van der Waals surface area (Å²) < 4.78 is 9.57. The number of hydrogen-bond acceptors (Lipinski definition) is 3. The van der Waals surface area contributed by atoms with Crippen molar-refractivity contribution in [2.24, 2.45) is 0 Å². The number of amides is 1. The van der Waals surface area contributed by atoms with Crippen molar-refractivity contribution < 1.29 is 14.3 Å². The maximum Gasteiger partial charge on any atom is 0.413 e. The molecule has 0 aliphatic heterocycles. The fraction of sp³-hybridized carbons (Fsp3) is 0.300. The largest absolute Gasteiger partial charge is 0.495 e. The van der Waals surface area contributed by atoms with Crippen LogP contribution in [0.3, 0.4) is 0 Å². The van der Waals surface area contributed by atoms with Crippen LogP contribution in [0.5, 0.6) is 5.75 Å². The Balaban J connectivity index is 3.17. The molecule has 0 saturated heterocycles. The van der Waals surface area contributed by atoms with Gasteiger partial charge in [0.15, 0.2) is 0 Å². The van der Waals surface area contributed by atoms with Crippen LogP contribution in [0.2, 0.25) is 10.0 Å². The first-order valence-electron chi connectivity index (χ1n) is 4.36. The van der Waals surface area contributed by atoms with Crippen molar-refractivity contribution in [2.45, 2.75) is 0 Å². The molecule has 1 aromatic carbocycles. The quantitative estimate of drug-likeness (QED) is 0.823. The molecular formula is C10H11Cl2NO3. The van der Waals surface area contributed by atoms with Crippen LogP contribution in [-0.2, 0) is 4.74 Å². The molecule has 0 fully saturated rings. The Kier molecular flexibility index (Phi) is 4.26. The topological polar surface area (TPSA) is 38.8 Å². The van der Waals surface area contributed by atoms with E-state index >= 15 is 0 Å². The summed E-state index contributed by atoms with van der Waals surface area (Å²) >= 11 is 12.0. The summed E-state index contributed by atoms with van der Waals surface area (Å²) in [6.45, 7) is 0. The molecular weight excluding hydrogens is 253 g/mol. The molecule has 1 rings (SSSR count). The van der Waals surface area contributed by atoms with E-state index in [2.05, 4.69) is 4.74 Å². The zero-order valence-corrected chi connectivity index (χ0v) is 10.6. The smallest absolute Gasteiger partial charge is 0.413 e. The summed E-state index contributed by atoms with van der Waals surface area (Å²) in [4.78, 5) is 12.6. The number of nitrogens with zero attached hydrogens (tertiary/aromatic N) is 1. The van der Waals surface area contributed by atoms with E-state index in [1.54, 1.807) is 12.1 Å². The molecule has 0 radical (unpaired) electrons. The lowest BCUT2D eigenvalue weighted by atomic mass is 10.3. The molecule has 16 heavy (non-hydrogen) atoms. The van der Waals surface area contributed by atoms with Crippen LogP contribution in [-0.4, -0.2) is 27.4 Å². The summed E-state index contributed by atoms with van der Waals surface area (Å²) in [5.41, 5.74) is 0.458. The average molecular weight is 264 g/mol. The van der Waals surface area contributed by atoms with Crippen molar-refractivity contribution in [3.63, 3.8) is 0 Å². The minimum absolute atomic E-state index is 0.244. The molecule has 88 valence electrons. The van der Waals surface area contributed by atoms with Crippen LogP contribution in [0.15, 0.2) is 12.1 Å². The number of ether oxygens (including phenoxy) is 2. The van der Waals surface area contributed by atoms with Gasteiger partial charge in [0.05, 0.1) is 24.9 Å². The molecule has 6 heteroatoms. The Morgan fingerprint density at radius 3 is 2.38 bits per heavy atom. The number of hydrogen-bond donors (Lipinski definition) is 0. The third-order valence-electron chi connectivity index (χ3n) is 2.06. The van der Waals surface area contributed by atoms with E-state index in [0.29, 0.717) is 11.4 Å². The van der Waals surface area contributed by atoms with Crippen molar-refractivity contribution >= 4 is 35.0 Å². The van der Waals surface area contributed by atoms with Crippen molar-refractivity contribution in [1.29, 1.82) is 0 Å². The number of benzene rings is 1. The maximum atomic E-state index is 11.3. The molecule has 0 spiro atoms. The lowest BCUT2D eigenvalue weighted by Gasteiger charge is -2.18. The highest BCUT2D eigenvalue weighted by Crippen LogP contribution is 2.38. The van der Waals surface area contributed by atoms with Gasteiger partial charge in [0, 0.05) is 7.05 Å². The van der Waals surface area contributed by atoms with Gasteiger partial charge in [-0.05, 0) is 12.1 Å². The van der Waals surface area contributed by atoms with Gasteiger partial charge >= 0.3 is 6.09 Å². The molecule has 1 aromatic rings. The Labute approximate surface area is 104 Å². The van der Waals surface area contributed by atoms with Crippen LogP contribution in [0, 0.1) is 0 Å². The third kappa shape index (κ3) is 2.33. The molecule has 0 aromatic heterocycles. The number of halogens is 2. The first-order chi connectivity index (χ1) is 7.52. The molecule has 0 aliphatic carbocycles. The summed E-state index contributed by atoms with van der Waals surface area (Å²) in [5, 5.41) is 0.506. The molecule has 0 unspecified atom stereocenters. The first kappa shape index (κ1) is 12.9. The van der Waals surface area contributed by atoms with Gasteiger partial charge in [0.1, 0.15) is 10.8 Å². The molecule has 0 atom stereocenters. The molecule has 0 saturated carbocycles. The minimum atomic E-state index is -0.525. The van der Waals surface area contributed by atoms with Crippen LogP contribution in [0.25, 0.3) is 0 Å². The highest BCUT2D eigenvalue weighted by Gasteiger charge is 2.18. The SMILES string of the molecule is COC(=O)N(C)c1ccc(OC)c(Cl)c1Cl. The van der Waals surface area contributed by atoms with Gasteiger partial charge in [-0.1, -0.05) is 23.2 Å². The zero-order chi connectivity index (χ0) is 12.3. The van der Waals surface area contributed by atoms with Gasteiger partial charge in [-0.15, -0.1) is 0 Å². The second-order valence-electron chi connectivity index (χ2n) is 2.94. The van der Waals surface area contributed by atoms with Crippen molar-refractivity contribution in [1.82, 2.24) is 0 Å². The standard InChI is InChI=1S/C10H11Cl2NO3/c1-13(10(14)16-3)6-4-5-7(15-2)9(12)8(6)11/h4-5H,1-3H3. The normalized spacial score (nSPS) is 9.81. The Morgan fingerprint density at radius 2 is 1.88 bits per heavy atom. The van der Waals surface area contributed by atoms with E-state index in [1.165, 1.54) is 26.2 Å². The van der Waals surface area contributed by atoms with E-state index < -0.39 is 6.09 Å². The number of methoxy groups -OCH3 is 2. The second-order valence-corrected chi connectivity index (χ2v) is 3.70. The van der Waals surface area contributed by atoms with Gasteiger partial charge < -0.3 is 9.47 Å². The monoisotopic (exact) mass is 263 g/mol. The number of anilines is 1. The number of carbonyl (C=O) groups excluding carboxylic acids is 1. The first-order valence-corrected chi connectivity index (χ1v) is 5.12. The van der Waals surface area contributed by atoms with Crippen LogP contribution in [0.1, 0.15) is 0 Å². The van der Waals surface area contributed by atoms with E-state index in [0.717, 1.165) is 0 Å². The molecule has 4 nitrogen and oxygen atoms in total. The summed E-state index contributed by atoms with van der Waals surface area (Å²) in [5.74, 6) is 0.452. The third-order valence-corrected chi connectivity index (χ3v) is 2.91. The number of carbonyl (C=O) groups is 1. The molecule has 0 heterocycles. The van der Waals surface area contributed by atoms with E-state index in [9.17, 15) is 4.79 Å². The van der Waals surface area contributed by atoms with Crippen LogP contribution >= 0.6 is 23.2 Å². The van der Waals surface area contributed by atoms with E-state index in [-0.39, 0.29) is 10.0 Å². The Bertz CT molecular complexity index is 409. The predicted molar refractivity (Wildman–Crippen MR) is 63.8 cm³/mol. The van der Waals surface area contributed by atoms with Crippen molar-refractivity contribution in [2.75, 3.05) is 26.2 Å². The second kappa shape index (κ2) is 5.27. The summed E-state index contributed by atoms with van der Waals surface area (Å²) in [7, 11) is 4.31. The zero-order valence-electron chi connectivity index (χ0n) is 9.08. The maximum absolute atomic E-state index is 11.3. The highest BCUT2D eigenvalue weighted by molar-refractivity contribution is 6.44. The Morgan fingerprint density at radius 1 is 1.25 bits per heavy atom. The van der Waals surface area contributed by atoms with Gasteiger partial charge in [-0.3, -0.25) is 4.90 Å². The minimum Gasteiger partial charge on any atom is -0.495 e. The van der Waals surface area contributed by atoms with E-state index in [1.807, 2.05) is 0 Å². The lowest BCUT2D eigenvalue weighted by molar-refractivity contribution is 0.180. The lowest BCUT2D eigenvalue weighted by Crippen LogP contribution is -2.26. The number of rotatable bonds is 2. The van der Waals surface area contributed by atoms with Crippen LogP contribution < -0.4 is 9.64 Å². The van der Waals surface area contributed by atoms with Crippen molar-refractivity contribution in [3.05, 3.63) is 22.2 Å². The van der Waals surface area contributed by atoms with Gasteiger partial charge in [0.2, 0.25) is 0 Å². The molecule has 0 aliphatic rings. The Hall–Kier alpha value is -1.13. The molecule has 0 N–H and O–H groups in total. The van der Waals surface area contributed by atoms with Gasteiger partial charge in [-0.2, -0.15) is 0 Å².